The van der Waals surface area contributed by atoms with Gasteiger partial charge in [-0.1, -0.05) is 18.2 Å². The fourth-order valence-electron chi connectivity index (χ4n) is 1.64. The summed E-state index contributed by atoms with van der Waals surface area (Å²) in [5, 5.41) is 0. The minimum atomic E-state index is -3.11. The minimum Gasteiger partial charge on any atom is -0.307 e. The Morgan fingerprint density at radius 2 is 1.95 bits per heavy atom. The van der Waals surface area contributed by atoms with Gasteiger partial charge in [0.15, 0.2) is 0 Å². The number of hydrogen-bond acceptors (Lipinski definition) is 2. The molecule has 0 aromatic heterocycles. The van der Waals surface area contributed by atoms with Gasteiger partial charge in [0.05, 0.1) is 5.88 Å². The molecule has 0 N–H and O–H groups in total. The summed E-state index contributed by atoms with van der Waals surface area (Å²) in [6.45, 7) is 1.62. The Hall–Kier alpha value is -1.49. The van der Waals surface area contributed by atoms with E-state index in [4.69, 9.17) is 11.6 Å². The fraction of sp³-hybridized carbons (Fsp3) is 0.385. The number of hydrogen-bond donors (Lipinski definition) is 0. The number of carbonyl (C=O) groups excluding carboxylic acids is 2. The number of benzene rings is 1. The SMILES string of the molecule is Cc1ccccc1N(CCC(=O)CCl)C(=O)C(F)F. The van der Waals surface area contributed by atoms with Gasteiger partial charge >= 0.3 is 6.43 Å². The Morgan fingerprint density at radius 1 is 1.32 bits per heavy atom. The summed E-state index contributed by atoms with van der Waals surface area (Å²) in [5.41, 5.74) is 1.07. The molecule has 0 unspecified atom stereocenters. The highest BCUT2D eigenvalue weighted by molar-refractivity contribution is 6.27. The second-order valence-corrected chi connectivity index (χ2v) is 4.27. The molecule has 0 aliphatic carbocycles. The number of halogens is 3. The number of anilines is 1. The number of carbonyl (C=O) groups is 2. The molecule has 0 fully saturated rings. The zero-order valence-corrected chi connectivity index (χ0v) is 11.2. The van der Waals surface area contributed by atoms with E-state index in [1.54, 1.807) is 31.2 Å². The largest absolute Gasteiger partial charge is 0.316 e. The predicted octanol–water partition coefficient (Wildman–Crippen LogP) is 2.79. The molecular formula is C13H14ClF2NO2. The van der Waals surface area contributed by atoms with Crippen LogP contribution < -0.4 is 4.90 Å². The van der Waals surface area contributed by atoms with E-state index in [1.807, 2.05) is 0 Å². The van der Waals surface area contributed by atoms with E-state index in [0.717, 1.165) is 4.90 Å². The Kier molecular flexibility index (Phi) is 5.89. The quantitative estimate of drug-likeness (QED) is 0.755. The standard InChI is InChI=1S/C13H14ClF2NO2/c1-9-4-2-3-5-11(9)17(13(19)12(15)16)7-6-10(18)8-14/h2-5,12H,6-8H2,1H3. The Bertz CT molecular complexity index is 466. The molecular weight excluding hydrogens is 276 g/mol. The topological polar surface area (TPSA) is 37.4 Å². The van der Waals surface area contributed by atoms with E-state index < -0.39 is 12.3 Å². The lowest BCUT2D eigenvalue weighted by Crippen LogP contribution is -2.37. The van der Waals surface area contributed by atoms with Gasteiger partial charge in [0.25, 0.3) is 5.91 Å². The second-order valence-electron chi connectivity index (χ2n) is 4.00. The van der Waals surface area contributed by atoms with Crippen molar-refractivity contribution in [3.8, 4) is 0 Å². The van der Waals surface area contributed by atoms with Crippen LogP contribution >= 0.6 is 11.6 Å². The van der Waals surface area contributed by atoms with E-state index in [9.17, 15) is 18.4 Å². The summed E-state index contributed by atoms with van der Waals surface area (Å²) < 4.78 is 25.2. The molecule has 1 rings (SSSR count). The normalized spacial score (nSPS) is 10.6. The van der Waals surface area contributed by atoms with Crippen LogP contribution in [0.25, 0.3) is 0 Å². The van der Waals surface area contributed by atoms with E-state index in [1.165, 1.54) is 0 Å². The van der Waals surface area contributed by atoms with Crippen LogP contribution in [0.5, 0.6) is 0 Å². The Balaban J connectivity index is 2.96. The zero-order chi connectivity index (χ0) is 14.4. The van der Waals surface area contributed by atoms with Gasteiger partial charge < -0.3 is 4.90 Å². The van der Waals surface area contributed by atoms with Crippen LogP contribution in [0.1, 0.15) is 12.0 Å². The van der Waals surface area contributed by atoms with Crippen molar-refractivity contribution in [3.05, 3.63) is 29.8 Å². The minimum absolute atomic E-state index is 0.0453. The van der Waals surface area contributed by atoms with Crippen molar-refractivity contribution in [3.63, 3.8) is 0 Å². The lowest BCUT2D eigenvalue weighted by molar-refractivity contribution is -0.129. The van der Waals surface area contributed by atoms with Crippen molar-refractivity contribution < 1.29 is 18.4 Å². The van der Waals surface area contributed by atoms with Crippen LogP contribution in [0, 0.1) is 6.92 Å². The van der Waals surface area contributed by atoms with E-state index in [2.05, 4.69) is 0 Å². The Labute approximate surface area is 115 Å². The molecule has 104 valence electrons. The average molecular weight is 290 g/mol. The summed E-state index contributed by atoms with van der Waals surface area (Å²) in [7, 11) is 0. The van der Waals surface area contributed by atoms with Gasteiger partial charge in [0, 0.05) is 18.7 Å². The van der Waals surface area contributed by atoms with Crippen molar-refractivity contribution >= 4 is 29.0 Å². The van der Waals surface area contributed by atoms with Crippen LogP contribution in [0.2, 0.25) is 0 Å². The van der Waals surface area contributed by atoms with Crippen molar-refractivity contribution in [1.82, 2.24) is 0 Å². The summed E-state index contributed by atoms with van der Waals surface area (Å²) in [4.78, 5) is 23.6. The maximum absolute atomic E-state index is 12.6. The van der Waals surface area contributed by atoms with Gasteiger partial charge in [-0.2, -0.15) is 8.78 Å². The van der Waals surface area contributed by atoms with Crippen molar-refractivity contribution in [2.45, 2.75) is 19.8 Å². The molecule has 0 bridgehead atoms. The van der Waals surface area contributed by atoms with Crippen LogP contribution in [-0.4, -0.2) is 30.5 Å². The molecule has 0 saturated heterocycles. The molecule has 0 aliphatic rings. The third-order valence-corrected chi connectivity index (χ3v) is 2.92. The lowest BCUT2D eigenvalue weighted by Gasteiger charge is -2.23. The third-order valence-electron chi connectivity index (χ3n) is 2.62. The van der Waals surface area contributed by atoms with Crippen molar-refractivity contribution in [2.75, 3.05) is 17.3 Å². The molecule has 1 amide bonds. The number of para-hydroxylation sites is 1. The summed E-state index contributed by atoms with van der Waals surface area (Å²) in [6, 6.07) is 6.68. The predicted molar refractivity (Wildman–Crippen MR) is 69.9 cm³/mol. The van der Waals surface area contributed by atoms with Gasteiger partial charge in [0.2, 0.25) is 0 Å². The molecule has 0 radical (unpaired) electrons. The van der Waals surface area contributed by atoms with E-state index in [-0.39, 0.29) is 24.6 Å². The van der Waals surface area contributed by atoms with Gasteiger partial charge in [-0.15, -0.1) is 11.6 Å². The number of Topliss-reactive ketones (excluding diaryl/α,β-unsaturated/α-hetero) is 1. The molecule has 0 atom stereocenters. The third kappa shape index (κ3) is 4.28. The molecule has 6 heteroatoms. The van der Waals surface area contributed by atoms with Gasteiger partial charge in [-0.05, 0) is 18.6 Å². The maximum Gasteiger partial charge on any atom is 0.316 e. The monoisotopic (exact) mass is 289 g/mol. The first-order valence-corrected chi connectivity index (χ1v) is 6.23. The fourth-order valence-corrected chi connectivity index (χ4v) is 1.77. The highest BCUT2D eigenvalue weighted by atomic mass is 35.5. The highest BCUT2D eigenvalue weighted by Gasteiger charge is 2.25. The van der Waals surface area contributed by atoms with Crippen LogP contribution in [-0.2, 0) is 9.59 Å². The lowest BCUT2D eigenvalue weighted by atomic mass is 10.1. The smallest absolute Gasteiger partial charge is 0.307 e. The summed E-state index contributed by atoms with van der Waals surface area (Å²) in [6.07, 6.45) is -3.15. The molecule has 0 saturated carbocycles. The van der Waals surface area contributed by atoms with Crippen molar-refractivity contribution in [2.24, 2.45) is 0 Å². The maximum atomic E-state index is 12.6. The first-order valence-electron chi connectivity index (χ1n) is 5.70. The second kappa shape index (κ2) is 7.19. The number of amides is 1. The molecule has 0 heterocycles. The number of ketones is 1. The summed E-state index contributed by atoms with van der Waals surface area (Å²) in [5.74, 6) is -1.79. The first kappa shape index (κ1) is 15.6. The van der Waals surface area contributed by atoms with E-state index in [0.29, 0.717) is 11.3 Å². The van der Waals surface area contributed by atoms with Crippen molar-refractivity contribution in [1.29, 1.82) is 0 Å². The first-order chi connectivity index (χ1) is 8.97. The van der Waals surface area contributed by atoms with Gasteiger partial charge in [0.1, 0.15) is 5.78 Å². The average Bonchev–Trinajstić information content (AvgIpc) is 2.40. The number of nitrogens with zero attached hydrogens (tertiary/aromatic N) is 1. The van der Waals surface area contributed by atoms with Gasteiger partial charge in [-0.3, -0.25) is 9.59 Å². The van der Waals surface area contributed by atoms with Crippen LogP contribution in [0.15, 0.2) is 24.3 Å². The zero-order valence-electron chi connectivity index (χ0n) is 10.4. The Morgan fingerprint density at radius 3 is 2.47 bits per heavy atom. The molecule has 1 aromatic carbocycles. The van der Waals surface area contributed by atoms with Crippen LogP contribution in [0.3, 0.4) is 0 Å². The van der Waals surface area contributed by atoms with Crippen LogP contribution in [0.4, 0.5) is 14.5 Å². The number of rotatable bonds is 6. The number of aryl methyl sites for hydroxylation is 1. The molecule has 3 nitrogen and oxygen atoms in total. The van der Waals surface area contributed by atoms with E-state index >= 15 is 0 Å². The molecule has 0 aliphatic heterocycles. The molecule has 1 aromatic rings. The van der Waals surface area contributed by atoms with Gasteiger partial charge in [-0.25, -0.2) is 0 Å². The summed E-state index contributed by atoms with van der Waals surface area (Å²) >= 11 is 5.35. The highest BCUT2D eigenvalue weighted by Crippen LogP contribution is 2.21. The molecule has 19 heavy (non-hydrogen) atoms. The molecule has 0 spiro atoms. The number of alkyl halides is 3.